The first-order chi connectivity index (χ1) is 13.2. The van der Waals surface area contributed by atoms with Crippen molar-refractivity contribution in [1.82, 2.24) is 20.6 Å². The molecule has 2 aromatic heterocycles. The van der Waals surface area contributed by atoms with Crippen LogP contribution in [0.4, 0.5) is 0 Å². The van der Waals surface area contributed by atoms with Gasteiger partial charge in [-0.25, -0.2) is 9.97 Å². The van der Waals surface area contributed by atoms with E-state index in [-0.39, 0.29) is 23.2 Å². The SMILES string of the molecule is COc1cccc(CNC(=O)c2cc(C(=O)NCc3ccsc3)ncn2)c1. The lowest BCUT2D eigenvalue weighted by molar-refractivity contribution is 0.0944. The van der Waals surface area contributed by atoms with Crippen molar-refractivity contribution in [2.24, 2.45) is 0 Å². The minimum absolute atomic E-state index is 0.133. The molecule has 3 aromatic rings. The van der Waals surface area contributed by atoms with Gasteiger partial charge in [0.15, 0.2) is 0 Å². The first kappa shape index (κ1) is 18.5. The van der Waals surface area contributed by atoms with Crippen LogP contribution in [0.2, 0.25) is 0 Å². The van der Waals surface area contributed by atoms with E-state index in [1.54, 1.807) is 18.4 Å². The van der Waals surface area contributed by atoms with Gasteiger partial charge in [0, 0.05) is 19.2 Å². The number of carbonyl (C=O) groups is 2. The molecular weight excluding hydrogens is 364 g/mol. The molecule has 0 fully saturated rings. The number of ether oxygens (including phenoxy) is 1. The Balaban J connectivity index is 1.60. The summed E-state index contributed by atoms with van der Waals surface area (Å²) >= 11 is 1.56. The van der Waals surface area contributed by atoms with E-state index in [9.17, 15) is 9.59 Å². The van der Waals surface area contributed by atoms with Crippen molar-refractivity contribution < 1.29 is 14.3 Å². The summed E-state index contributed by atoms with van der Waals surface area (Å²) in [5, 5.41) is 9.44. The van der Waals surface area contributed by atoms with Crippen LogP contribution in [-0.4, -0.2) is 28.9 Å². The molecule has 8 heteroatoms. The molecule has 0 radical (unpaired) electrons. The first-order valence-corrected chi connectivity index (χ1v) is 9.12. The molecule has 0 aliphatic heterocycles. The van der Waals surface area contributed by atoms with Crippen molar-refractivity contribution in [3.8, 4) is 5.75 Å². The summed E-state index contributed by atoms with van der Waals surface area (Å²) in [6.45, 7) is 0.726. The number of rotatable bonds is 7. The Morgan fingerprint density at radius 2 is 1.70 bits per heavy atom. The number of carbonyl (C=O) groups excluding carboxylic acids is 2. The van der Waals surface area contributed by atoms with Crippen LogP contribution in [0, 0.1) is 0 Å². The predicted molar refractivity (Wildman–Crippen MR) is 102 cm³/mol. The Morgan fingerprint density at radius 3 is 2.33 bits per heavy atom. The van der Waals surface area contributed by atoms with Crippen LogP contribution in [0.15, 0.2) is 53.5 Å². The van der Waals surface area contributed by atoms with Gasteiger partial charge in [-0.15, -0.1) is 0 Å². The van der Waals surface area contributed by atoms with Gasteiger partial charge < -0.3 is 15.4 Å². The Hall–Kier alpha value is -3.26. The van der Waals surface area contributed by atoms with Crippen molar-refractivity contribution in [1.29, 1.82) is 0 Å². The second-order valence-electron chi connectivity index (χ2n) is 5.64. The number of nitrogens with one attached hydrogen (secondary N) is 2. The summed E-state index contributed by atoms with van der Waals surface area (Å²) in [5.41, 5.74) is 2.18. The van der Waals surface area contributed by atoms with Crippen LogP contribution in [-0.2, 0) is 13.1 Å². The molecule has 7 nitrogen and oxygen atoms in total. The van der Waals surface area contributed by atoms with Crippen LogP contribution >= 0.6 is 11.3 Å². The third kappa shape index (κ3) is 5.11. The fraction of sp³-hybridized carbons (Fsp3) is 0.158. The molecule has 0 saturated heterocycles. The van der Waals surface area contributed by atoms with Crippen molar-refractivity contribution in [2.75, 3.05) is 7.11 Å². The van der Waals surface area contributed by atoms with Gasteiger partial charge in [0.05, 0.1) is 7.11 Å². The third-order valence-corrected chi connectivity index (χ3v) is 4.48. The Kier molecular flexibility index (Phi) is 6.11. The Bertz CT molecular complexity index is 928. The van der Waals surface area contributed by atoms with E-state index in [1.165, 1.54) is 12.4 Å². The van der Waals surface area contributed by atoms with Crippen LogP contribution in [0.5, 0.6) is 5.75 Å². The van der Waals surface area contributed by atoms with Gasteiger partial charge in [0.25, 0.3) is 11.8 Å². The van der Waals surface area contributed by atoms with E-state index in [2.05, 4.69) is 20.6 Å². The number of amides is 2. The topological polar surface area (TPSA) is 93.2 Å². The maximum absolute atomic E-state index is 12.3. The van der Waals surface area contributed by atoms with E-state index in [4.69, 9.17) is 4.74 Å². The van der Waals surface area contributed by atoms with E-state index in [1.807, 2.05) is 41.1 Å². The largest absolute Gasteiger partial charge is 0.497 e. The van der Waals surface area contributed by atoms with Gasteiger partial charge in [-0.1, -0.05) is 12.1 Å². The second-order valence-corrected chi connectivity index (χ2v) is 6.42. The normalized spacial score (nSPS) is 10.3. The monoisotopic (exact) mass is 382 g/mol. The smallest absolute Gasteiger partial charge is 0.270 e. The van der Waals surface area contributed by atoms with E-state index in [0.29, 0.717) is 18.8 Å². The highest BCUT2D eigenvalue weighted by molar-refractivity contribution is 7.07. The summed E-state index contributed by atoms with van der Waals surface area (Å²) in [4.78, 5) is 32.4. The number of benzene rings is 1. The summed E-state index contributed by atoms with van der Waals surface area (Å²) in [7, 11) is 1.59. The first-order valence-electron chi connectivity index (χ1n) is 8.18. The Morgan fingerprint density at radius 1 is 1.00 bits per heavy atom. The van der Waals surface area contributed by atoms with E-state index < -0.39 is 0 Å². The van der Waals surface area contributed by atoms with Gasteiger partial charge in [-0.05, 0) is 40.1 Å². The van der Waals surface area contributed by atoms with Crippen LogP contribution in [0.25, 0.3) is 0 Å². The average Bonchev–Trinajstić information content (AvgIpc) is 3.24. The second kappa shape index (κ2) is 8.91. The number of aromatic nitrogens is 2. The van der Waals surface area contributed by atoms with Gasteiger partial charge >= 0.3 is 0 Å². The molecule has 1 aromatic carbocycles. The molecule has 2 heterocycles. The van der Waals surface area contributed by atoms with Gasteiger partial charge in [-0.3, -0.25) is 9.59 Å². The lowest BCUT2D eigenvalue weighted by Gasteiger charge is -2.07. The highest BCUT2D eigenvalue weighted by Gasteiger charge is 2.13. The fourth-order valence-corrected chi connectivity index (χ4v) is 3.00. The zero-order valence-corrected chi connectivity index (χ0v) is 15.5. The van der Waals surface area contributed by atoms with E-state index in [0.717, 1.165) is 11.1 Å². The summed E-state index contributed by atoms with van der Waals surface area (Å²) < 4.78 is 5.16. The summed E-state index contributed by atoms with van der Waals surface area (Å²) in [6.07, 6.45) is 1.21. The minimum Gasteiger partial charge on any atom is -0.497 e. The zero-order valence-electron chi connectivity index (χ0n) is 14.6. The van der Waals surface area contributed by atoms with Gasteiger partial charge in [0.2, 0.25) is 0 Å². The fourth-order valence-electron chi connectivity index (χ4n) is 2.33. The number of hydrogen-bond acceptors (Lipinski definition) is 6. The molecule has 2 N–H and O–H groups in total. The van der Waals surface area contributed by atoms with E-state index >= 15 is 0 Å². The maximum atomic E-state index is 12.3. The number of methoxy groups -OCH3 is 1. The van der Waals surface area contributed by atoms with Crippen LogP contribution in [0.1, 0.15) is 32.1 Å². The zero-order chi connectivity index (χ0) is 19.1. The molecule has 0 atom stereocenters. The molecule has 0 aliphatic rings. The lowest BCUT2D eigenvalue weighted by Crippen LogP contribution is -2.27. The summed E-state index contributed by atoms with van der Waals surface area (Å²) in [5.74, 6) is -0.0223. The molecule has 0 saturated carbocycles. The summed E-state index contributed by atoms with van der Waals surface area (Å²) in [6, 6.07) is 10.7. The molecule has 2 amide bonds. The quantitative estimate of drug-likeness (QED) is 0.655. The maximum Gasteiger partial charge on any atom is 0.270 e. The molecule has 0 spiro atoms. The van der Waals surface area contributed by atoms with Crippen molar-refractivity contribution in [2.45, 2.75) is 13.1 Å². The standard InChI is InChI=1S/C19H18N4O3S/c1-26-15-4-2-3-13(7-15)9-20-18(24)16-8-17(23-12-22-16)19(25)21-10-14-5-6-27-11-14/h2-8,11-12H,9-10H2,1H3,(H,20,24)(H,21,25). The Labute approximate surface area is 160 Å². The minimum atomic E-state index is -0.382. The van der Waals surface area contributed by atoms with Crippen LogP contribution in [0.3, 0.4) is 0 Å². The average molecular weight is 382 g/mol. The van der Waals surface area contributed by atoms with Crippen molar-refractivity contribution in [3.05, 3.63) is 76.0 Å². The molecule has 27 heavy (non-hydrogen) atoms. The molecule has 3 rings (SSSR count). The molecular formula is C19H18N4O3S. The highest BCUT2D eigenvalue weighted by atomic mass is 32.1. The molecule has 0 aliphatic carbocycles. The lowest BCUT2D eigenvalue weighted by atomic mass is 10.2. The molecule has 138 valence electrons. The molecule has 0 bridgehead atoms. The van der Waals surface area contributed by atoms with Crippen molar-refractivity contribution >= 4 is 23.2 Å². The molecule has 0 unspecified atom stereocenters. The number of thiophene rings is 1. The highest BCUT2D eigenvalue weighted by Crippen LogP contribution is 2.12. The van der Waals surface area contributed by atoms with Gasteiger partial charge in [-0.2, -0.15) is 11.3 Å². The number of hydrogen-bond donors (Lipinski definition) is 2. The van der Waals surface area contributed by atoms with Crippen LogP contribution < -0.4 is 15.4 Å². The predicted octanol–water partition coefficient (Wildman–Crippen LogP) is 2.41. The van der Waals surface area contributed by atoms with Gasteiger partial charge in [0.1, 0.15) is 23.5 Å². The third-order valence-electron chi connectivity index (χ3n) is 3.75. The number of nitrogens with zero attached hydrogens (tertiary/aromatic N) is 2. The van der Waals surface area contributed by atoms with Crippen molar-refractivity contribution in [3.63, 3.8) is 0 Å².